The number of carbonyl (C=O) groups excluding carboxylic acids is 2. The van der Waals surface area contributed by atoms with E-state index in [1.807, 2.05) is 45.0 Å². The van der Waals surface area contributed by atoms with E-state index in [9.17, 15) is 9.59 Å². The molecule has 0 aromatic heterocycles. The maximum absolute atomic E-state index is 12.5. The average molecular weight is 269 g/mol. The first-order valence-corrected chi connectivity index (χ1v) is 6.70. The number of carbonyl (C=O) groups is 2. The Kier molecular flexibility index (Phi) is 3.89. The van der Waals surface area contributed by atoms with Crippen molar-refractivity contribution in [2.24, 2.45) is 5.92 Å². The number of anilines is 1. The second-order valence-electron chi connectivity index (χ2n) is 5.30. The van der Waals surface area contributed by atoms with Crippen molar-refractivity contribution >= 4 is 17.5 Å². The average Bonchev–Trinajstić information content (AvgIpc) is 2.63. The lowest BCUT2D eigenvalue weighted by Crippen LogP contribution is -2.30. The Morgan fingerprint density at radius 1 is 1.25 bits per heavy atom. The van der Waals surface area contributed by atoms with Gasteiger partial charge >= 0.3 is 0 Å². The van der Waals surface area contributed by atoms with E-state index in [-0.39, 0.29) is 11.8 Å². The van der Waals surface area contributed by atoms with Crippen molar-refractivity contribution in [3.8, 4) is 0 Å². The summed E-state index contributed by atoms with van der Waals surface area (Å²) in [6.45, 7) is 9.39. The molecule has 3 nitrogen and oxygen atoms in total. The van der Waals surface area contributed by atoms with E-state index < -0.39 is 5.92 Å². The summed E-state index contributed by atoms with van der Waals surface area (Å²) in [5, 5.41) is 0. The summed E-state index contributed by atoms with van der Waals surface area (Å²) in [4.78, 5) is 26.4. The van der Waals surface area contributed by atoms with Gasteiger partial charge in [-0.15, -0.1) is 6.58 Å². The molecular formula is C17H19NO2. The first-order valence-electron chi connectivity index (χ1n) is 6.70. The molecule has 104 valence electrons. The topological polar surface area (TPSA) is 37.4 Å². The zero-order valence-corrected chi connectivity index (χ0v) is 12.1. The SMILES string of the molecule is C=CCC1C(=O)N(c2ccc(C)cc2)C(=O)C1=C(C)C. The standard InChI is InChI=1S/C17H19NO2/c1-5-6-14-15(11(2)3)17(20)18(16(14)19)13-9-7-12(4)8-10-13/h5,7-10,14H,1,6H2,2-4H3. The van der Waals surface area contributed by atoms with Crippen LogP contribution in [0.15, 0.2) is 48.1 Å². The predicted molar refractivity (Wildman–Crippen MR) is 80.4 cm³/mol. The lowest BCUT2D eigenvalue weighted by molar-refractivity contribution is -0.122. The van der Waals surface area contributed by atoms with E-state index in [0.29, 0.717) is 17.7 Å². The number of imide groups is 1. The number of allylic oxidation sites excluding steroid dienone is 2. The van der Waals surface area contributed by atoms with E-state index in [1.54, 1.807) is 6.08 Å². The minimum absolute atomic E-state index is 0.157. The van der Waals surface area contributed by atoms with Gasteiger partial charge in [-0.3, -0.25) is 9.59 Å². The Bertz CT molecular complexity index is 592. The van der Waals surface area contributed by atoms with Gasteiger partial charge in [-0.2, -0.15) is 0 Å². The van der Waals surface area contributed by atoms with Crippen LogP contribution in [0.3, 0.4) is 0 Å². The molecule has 20 heavy (non-hydrogen) atoms. The third kappa shape index (κ3) is 2.31. The summed E-state index contributed by atoms with van der Waals surface area (Å²) >= 11 is 0. The predicted octanol–water partition coefficient (Wildman–Crippen LogP) is 3.40. The third-order valence-electron chi connectivity index (χ3n) is 3.53. The Morgan fingerprint density at radius 2 is 1.85 bits per heavy atom. The first kappa shape index (κ1) is 14.3. The summed E-state index contributed by atoms with van der Waals surface area (Å²) in [6.07, 6.45) is 2.19. The lowest BCUT2D eigenvalue weighted by atomic mass is 9.95. The molecule has 1 aromatic carbocycles. The van der Waals surface area contributed by atoms with Gasteiger partial charge in [0.05, 0.1) is 11.6 Å². The number of rotatable bonds is 3. The van der Waals surface area contributed by atoms with E-state index in [0.717, 1.165) is 11.1 Å². The van der Waals surface area contributed by atoms with E-state index in [1.165, 1.54) is 4.90 Å². The highest BCUT2D eigenvalue weighted by atomic mass is 16.2. The number of hydrogen-bond acceptors (Lipinski definition) is 2. The Morgan fingerprint density at radius 3 is 2.35 bits per heavy atom. The molecule has 3 heteroatoms. The molecule has 1 saturated heterocycles. The fourth-order valence-corrected chi connectivity index (χ4v) is 2.53. The van der Waals surface area contributed by atoms with Crippen LogP contribution < -0.4 is 4.90 Å². The van der Waals surface area contributed by atoms with Crippen LogP contribution in [0.5, 0.6) is 0 Å². The molecule has 1 heterocycles. The van der Waals surface area contributed by atoms with Crippen molar-refractivity contribution in [2.45, 2.75) is 27.2 Å². The Balaban J connectivity index is 2.48. The molecule has 2 amide bonds. The van der Waals surface area contributed by atoms with E-state index >= 15 is 0 Å². The largest absolute Gasteiger partial charge is 0.273 e. The van der Waals surface area contributed by atoms with Crippen molar-refractivity contribution in [1.29, 1.82) is 0 Å². The van der Waals surface area contributed by atoms with Crippen LogP contribution in [-0.4, -0.2) is 11.8 Å². The summed E-state index contributed by atoms with van der Waals surface area (Å²) < 4.78 is 0. The molecule has 1 aliphatic rings. The number of aryl methyl sites for hydroxylation is 1. The highest BCUT2D eigenvalue weighted by molar-refractivity contribution is 6.29. The molecule has 0 N–H and O–H groups in total. The molecule has 1 unspecified atom stereocenters. The van der Waals surface area contributed by atoms with Gasteiger partial charge in [-0.25, -0.2) is 4.90 Å². The quantitative estimate of drug-likeness (QED) is 0.479. The minimum Gasteiger partial charge on any atom is -0.273 e. The number of nitrogens with zero attached hydrogens (tertiary/aromatic N) is 1. The van der Waals surface area contributed by atoms with Gasteiger partial charge in [-0.05, 0) is 39.3 Å². The van der Waals surface area contributed by atoms with Crippen molar-refractivity contribution in [1.82, 2.24) is 0 Å². The zero-order valence-electron chi connectivity index (χ0n) is 12.1. The van der Waals surface area contributed by atoms with Crippen LogP contribution >= 0.6 is 0 Å². The second-order valence-corrected chi connectivity index (χ2v) is 5.30. The molecule has 2 rings (SSSR count). The number of benzene rings is 1. The van der Waals surface area contributed by atoms with Crippen LogP contribution in [0.2, 0.25) is 0 Å². The zero-order chi connectivity index (χ0) is 14.9. The van der Waals surface area contributed by atoms with Crippen molar-refractivity contribution in [3.05, 3.63) is 53.6 Å². The molecule has 0 saturated carbocycles. The number of amides is 2. The molecule has 1 aromatic rings. The Labute approximate surface area is 119 Å². The van der Waals surface area contributed by atoms with Gasteiger partial charge < -0.3 is 0 Å². The van der Waals surface area contributed by atoms with Crippen molar-refractivity contribution in [3.63, 3.8) is 0 Å². The van der Waals surface area contributed by atoms with Gasteiger partial charge in [0.15, 0.2) is 0 Å². The highest BCUT2D eigenvalue weighted by Gasteiger charge is 2.43. The van der Waals surface area contributed by atoms with Crippen LogP contribution in [0.25, 0.3) is 0 Å². The van der Waals surface area contributed by atoms with Gasteiger partial charge in [-0.1, -0.05) is 29.3 Å². The Hall–Kier alpha value is -2.16. The fourth-order valence-electron chi connectivity index (χ4n) is 2.53. The van der Waals surface area contributed by atoms with Crippen molar-refractivity contribution in [2.75, 3.05) is 4.90 Å². The van der Waals surface area contributed by atoms with Crippen molar-refractivity contribution < 1.29 is 9.59 Å². The third-order valence-corrected chi connectivity index (χ3v) is 3.53. The highest BCUT2D eigenvalue weighted by Crippen LogP contribution is 2.34. The molecule has 0 radical (unpaired) electrons. The molecule has 0 spiro atoms. The summed E-state index contributed by atoms with van der Waals surface area (Å²) in [5.41, 5.74) is 3.23. The first-order chi connectivity index (χ1) is 9.47. The maximum atomic E-state index is 12.5. The molecule has 0 bridgehead atoms. The van der Waals surface area contributed by atoms with Crippen LogP contribution in [0, 0.1) is 12.8 Å². The second kappa shape index (κ2) is 5.45. The van der Waals surface area contributed by atoms with Crippen LogP contribution in [0.4, 0.5) is 5.69 Å². The number of hydrogen-bond donors (Lipinski definition) is 0. The summed E-state index contributed by atoms with van der Waals surface area (Å²) in [5.74, 6) is -0.757. The normalized spacial score (nSPS) is 18.6. The molecule has 0 aliphatic carbocycles. The van der Waals surface area contributed by atoms with Gasteiger partial charge in [0.2, 0.25) is 5.91 Å². The smallest absolute Gasteiger partial charge is 0.261 e. The van der Waals surface area contributed by atoms with Crippen LogP contribution in [-0.2, 0) is 9.59 Å². The van der Waals surface area contributed by atoms with E-state index in [2.05, 4.69) is 6.58 Å². The summed E-state index contributed by atoms with van der Waals surface area (Å²) in [7, 11) is 0. The molecule has 1 fully saturated rings. The molecule has 1 atom stereocenters. The summed E-state index contributed by atoms with van der Waals surface area (Å²) in [6, 6.07) is 7.42. The van der Waals surface area contributed by atoms with Gasteiger partial charge in [0.1, 0.15) is 0 Å². The monoisotopic (exact) mass is 269 g/mol. The van der Waals surface area contributed by atoms with Gasteiger partial charge in [0, 0.05) is 5.57 Å². The molecule has 1 aliphatic heterocycles. The maximum Gasteiger partial charge on any atom is 0.261 e. The van der Waals surface area contributed by atoms with Crippen LogP contribution in [0.1, 0.15) is 25.8 Å². The van der Waals surface area contributed by atoms with Gasteiger partial charge in [0.25, 0.3) is 5.91 Å². The molecular weight excluding hydrogens is 250 g/mol. The lowest BCUT2D eigenvalue weighted by Gasteiger charge is -2.14. The van der Waals surface area contributed by atoms with E-state index in [4.69, 9.17) is 0 Å². The minimum atomic E-state index is -0.397. The fraction of sp³-hybridized carbons (Fsp3) is 0.294.